The third-order valence-electron chi connectivity index (χ3n) is 7.20. The van der Waals surface area contributed by atoms with Crippen molar-refractivity contribution in [2.75, 3.05) is 18.5 Å². The van der Waals surface area contributed by atoms with Crippen LogP contribution in [0.4, 0.5) is 5.69 Å². The van der Waals surface area contributed by atoms with E-state index >= 15 is 0 Å². The molecule has 0 radical (unpaired) electrons. The first-order valence-electron chi connectivity index (χ1n) is 15.5. The van der Waals surface area contributed by atoms with Gasteiger partial charge in [-0.1, -0.05) is 75.0 Å². The molecule has 0 saturated heterocycles. The third kappa shape index (κ3) is 9.64. The second-order valence-corrected chi connectivity index (χ2v) is 11.1. The fourth-order valence-electron chi connectivity index (χ4n) is 4.73. The number of fused-ring (bicyclic) bond motifs is 1. The van der Waals surface area contributed by atoms with E-state index in [1.807, 2.05) is 42.5 Å². The minimum absolute atomic E-state index is 0.196. The largest absolute Gasteiger partial charge is 0.489 e. The standard InChI is InChI=1S/C36H48N2O4/c1-6-8-10-14-23-38-32-26-30(37-35(39)29-18-12-11-13-19-29)20-21-31(32)33(41-24-9-7-2)34(36(38)40)42-25-22-28(5)17-15-16-27(3)4/h11-13,16,18-22,26H,6-10,14-15,17,23-25H2,1-5H3,(H,37,39). The maximum atomic E-state index is 14.0. The van der Waals surface area contributed by atoms with Crippen LogP contribution in [-0.2, 0) is 6.54 Å². The van der Waals surface area contributed by atoms with Crippen LogP contribution in [-0.4, -0.2) is 23.7 Å². The molecule has 0 atom stereocenters. The first-order valence-corrected chi connectivity index (χ1v) is 15.5. The number of benzene rings is 2. The molecular formula is C36H48N2O4. The van der Waals surface area contributed by atoms with Gasteiger partial charge in [0, 0.05) is 23.2 Å². The molecule has 2 aromatic carbocycles. The van der Waals surface area contributed by atoms with Gasteiger partial charge in [0.05, 0.1) is 12.1 Å². The number of hydrogen-bond donors (Lipinski definition) is 1. The minimum atomic E-state index is -0.201. The van der Waals surface area contributed by atoms with Crippen LogP contribution in [0.5, 0.6) is 11.5 Å². The van der Waals surface area contributed by atoms with Crippen molar-refractivity contribution in [3.63, 3.8) is 0 Å². The summed E-state index contributed by atoms with van der Waals surface area (Å²) in [5.41, 5.74) is 4.27. The lowest BCUT2D eigenvalue weighted by molar-refractivity contribution is 0.102. The average molecular weight is 573 g/mol. The molecule has 0 unspecified atom stereocenters. The molecule has 42 heavy (non-hydrogen) atoms. The number of ether oxygens (including phenoxy) is 2. The fourth-order valence-corrected chi connectivity index (χ4v) is 4.73. The first kappa shape index (κ1) is 32.7. The van der Waals surface area contributed by atoms with E-state index in [1.54, 1.807) is 16.7 Å². The van der Waals surface area contributed by atoms with Crippen molar-refractivity contribution >= 4 is 22.5 Å². The van der Waals surface area contributed by atoms with E-state index in [0.717, 1.165) is 62.3 Å². The number of unbranched alkanes of at least 4 members (excludes halogenated alkanes) is 4. The monoisotopic (exact) mass is 572 g/mol. The molecular weight excluding hydrogens is 524 g/mol. The molecule has 6 nitrogen and oxygen atoms in total. The molecule has 0 spiro atoms. The molecule has 226 valence electrons. The number of nitrogens with zero attached hydrogens (tertiary/aromatic N) is 1. The molecule has 0 aliphatic carbocycles. The van der Waals surface area contributed by atoms with Crippen molar-refractivity contribution < 1.29 is 14.3 Å². The van der Waals surface area contributed by atoms with Crippen molar-refractivity contribution in [1.82, 2.24) is 4.57 Å². The van der Waals surface area contributed by atoms with E-state index in [2.05, 4.69) is 46.0 Å². The van der Waals surface area contributed by atoms with Gasteiger partial charge in [0.15, 0.2) is 5.75 Å². The summed E-state index contributed by atoms with van der Waals surface area (Å²) >= 11 is 0. The Kier molecular flexibility index (Phi) is 13.4. The van der Waals surface area contributed by atoms with Crippen LogP contribution < -0.4 is 20.3 Å². The number of carbonyl (C=O) groups excluding carboxylic acids is 1. The molecule has 0 saturated carbocycles. The Morgan fingerprint density at radius 2 is 1.64 bits per heavy atom. The molecule has 0 fully saturated rings. The van der Waals surface area contributed by atoms with Gasteiger partial charge in [0.1, 0.15) is 6.61 Å². The summed E-state index contributed by atoms with van der Waals surface area (Å²) in [6.07, 6.45) is 12.2. The zero-order valence-electron chi connectivity index (χ0n) is 26.1. The highest BCUT2D eigenvalue weighted by molar-refractivity contribution is 6.05. The van der Waals surface area contributed by atoms with Crippen LogP contribution in [0, 0.1) is 0 Å². The number of aromatic nitrogens is 1. The molecule has 1 heterocycles. The lowest BCUT2D eigenvalue weighted by atomic mass is 10.1. The van der Waals surface area contributed by atoms with E-state index in [4.69, 9.17) is 9.47 Å². The quantitative estimate of drug-likeness (QED) is 0.129. The molecule has 1 amide bonds. The minimum Gasteiger partial charge on any atom is -0.489 e. The third-order valence-corrected chi connectivity index (χ3v) is 7.20. The molecule has 3 aromatic rings. The van der Waals surface area contributed by atoms with Gasteiger partial charge in [-0.05, 0) is 82.9 Å². The van der Waals surface area contributed by atoms with Crippen molar-refractivity contribution in [2.45, 2.75) is 92.5 Å². The van der Waals surface area contributed by atoms with Crippen molar-refractivity contribution in [2.24, 2.45) is 0 Å². The maximum Gasteiger partial charge on any atom is 0.297 e. The summed E-state index contributed by atoms with van der Waals surface area (Å²) in [5, 5.41) is 3.80. The summed E-state index contributed by atoms with van der Waals surface area (Å²) in [6.45, 7) is 11.9. The Morgan fingerprint density at radius 3 is 2.36 bits per heavy atom. The van der Waals surface area contributed by atoms with Crippen LogP contribution >= 0.6 is 0 Å². The van der Waals surface area contributed by atoms with Gasteiger partial charge in [0.25, 0.3) is 11.5 Å². The Labute approximate surface area is 251 Å². The summed E-state index contributed by atoms with van der Waals surface area (Å²) in [7, 11) is 0. The van der Waals surface area contributed by atoms with Gasteiger partial charge in [-0.25, -0.2) is 0 Å². The van der Waals surface area contributed by atoms with Crippen LogP contribution in [0.15, 0.2) is 76.6 Å². The van der Waals surface area contributed by atoms with Gasteiger partial charge in [0.2, 0.25) is 5.75 Å². The highest BCUT2D eigenvalue weighted by atomic mass is 16.5. The number of anilines is 1. The summed E-state index contributed by atoms with van der Waals surface area (Å²) in [5.74, 6) is 0.534. The molecule has 3 rings (SSSR count). The van der Waals surface area contributed by atoms with Gasteiger partial charge >= 0.3 is 0 Å². The van der Waals surface area contributed by atoms with E-state index < -0.39 is 0 Å². The fraction of sp³-hybridized carbons (Fsp3) is 0.444. The molecule has 0 bridgehead atoms. The Bertz CT molecular complexity index is 1420. The highest BCUT2D eigenvalue weighted by Gasteiger charge is 2.20. The highest BCUT2D eigenvalue weighted by Crippen LogP contribution is 2.35. The summed E-state index contributed by atoms with van der Waals surface area (Å²) < 4.78 is 14.2. The number of carbonyl (C=O) groups is 1. The number of hydrogen-bond acceptors (Lipinski definition) is 4. The Hall–Kier alpha value is -3.80. The van der Waals surface area contributed by atoms with Crippen molar-refractivity contribution in [3.05, 3.63) is 87.7 Å². The van der Waals surface area contributed by atoms with Gasteiger partial charge in [-0.15, -0.1) is 0 Å². The predicted octanol–water partition coefficient (Wildman–Crippen LogP) is 9.08. The van der Waals surface area contributed by atoms with E-state index in [0.29, 0.717) is 36.8 Å². The number of aryl methyl sites for hydroxylation is 1. The average Bonchev–Trinajstić information content (AvgIpc) is 2.98. The van der Waals surface area contributed by atoms with E-state index in [-0.39, 0.29) is 17.2 Å². The van der Waals surface area contributed by atoms with Gasteiger partial charge in [-0.2, -0.15) is 0 Å². The lowest BCUT2D eigenvalue weighted by Gasteiger charge is -2.19. The van der Waals surface area contributed by atoms with Crippen molar-refractivity contribution in [1.29, 1.82) is 0 Å². The maximum absolute atomic E-state index is 14.0. The summed E-state index contributed by atoms with van der Waals surface area (Å²) in [4.78, 5) is 26.9. The van der Waals surface area contributed by atoms with Gasteiger partial charge in [-0.3, -0.25) is 9.59 Å². The molecule has 1 aromatic heterocycles. The van der Waals surface area contributed by atoms with Crippen molar-refractivity contribution in [3.8, 4) is 11.5 Å². The smallest absolute Gasteiger partial charge is 0.297 e. The normalized spacial score (nSPS) is 11.4. The Balaban J connectivity index is 2.02. The van der Waals surface area contributed by atoms with E-state index in [1.165, 1.54) is 11.1 Å². The first-order chi connectivity index (χ1) is 20.3. The van der Waals surface area contributed by atoms with E-state index in [9.17, 15) is 9.59 Å². The molecule has 6 heteroatoms. The predicted molar refractivity (Wildman–Crippen MR) is 175 cm³/mol. The Morgan fingerprint density at radius 1 is 0.881 bits per heavy atom. The number of allylic oxidation sites excluding steroid dienone is 3. The molecule has 0 aliphatic rings. The van der Waals surface area contributed by atoms with Gasteiger partial charge < -0.3 is 19.4 Å². The van der Waals surface area contributed by atoms with Crippen LogP contribution in [0.2, 0.25) is 0 Å². The SMILES string of the molecule is CCCCCCn1c(=O)c(OCC=C(C)CCC=C(C)C)c(OCCCC)c2ccc(NC(=O)c3ccccc3)cc21. The number of amides is 1. The second kappa shape index (κ2) is 17.2. The number of rotatable bonds is 17. The number of nitrogens with one attached hydrogen (secondary N) is 1. The summed E-state index contributed by atoms with van der Waals surface area (Å²) in [6, 6.07) is 14.8. The second-order valence-electron chi connectivity index (χ2n) is 11.1. The topological polar surface area (TPSA) is 69.6 Å². The zero-order chi connectivity index (χ0) is 30.3. The molecule has 0 aliphatic heterocycles. The van der Waals surface area contributed by atoms with Crippen LogP contribution in [0.25, 0.3) is 10.9 Å². The lowest BCUT2D eigenvalue weighted by Crippen LogP contribution is -2.24. The van der Waals surface area contributed by atoms with Crippen LogP contribution in [0.3, 0.4) is 0 Å². The number of pyridine rings is 1. The van der Waals surface area contributed by atoms with Crippen LogP contribution in [0.1, 0.15) is 96.3 Å². The zero-order valence-corrected chi connectivity index (χ0v) is 26.1. The molecule has 1 N–H and O–H groups in total.